The second kappa shape index (κ2) is 5.72. The van der Waals surface area contributed by atoms with E-state index in [0.717, 1.165) is 25.6 Å². The lowest BCUT2D eigenvalue weighted by atomic mass is 9.86. The van der Waals surface area contributed by atoms with Gasteiger partial charge in [-0.2, -0.15) is 11.3 Å². The second-order valence-electron chi connectivity index (χ2n) is 5.90. The highest BCUT2D eigenvalue weighted by atomic mass is 32.1. The van der Waals surface area contributed by atoms with E-state index in [9.17, 15) is 5.11 Å². The van der Waals surface area contributed by atoms with Gasteiger partial charge in [0.05, 0.1) is 6.10 Å². The van der Waals surface area contributed by atoms with E-state index in [0.29, 0.717) is 5.92 Å². The van der Waals surface area contributed by atoms with Gasteiger partial charge in [-0.15, -0.1) is 0 Å². The van der Waals surface area contributed by atoms with Gasteiger partial charge in [-0.05, 0) is 54.0 Å². The Morgan fingerprint density at radius 3 is 2.72 bits per heavy atom. The molecule has 18 heavy (non-hydrogen) atoms. The predicted molar refractivity (Wildman–Crippen MR) is 75.7 cm³/mol. The molecule has 1 aromatic rings. The monoisotopic (exact) mass is 265 g/mol. The molecule has 0 amide bonds. The third kappa shape index (κ3) is 3.14. The lowest BCUT2D eigenvalue weighted by Crippen LogP contribution is -2.37. The molecule has 3 rings (SSSR count). The molecule has 0 radical (unpaired) electrons. The highest BCUT2D eigenvalue weighted by molar-refractivity contribution is 7.07. The van der Waals surface area contributed by atoms with Crippen LogP contribution in [0.3, 0.4) is 0 Å². The Kier molecular flexibility index (Phi) is 4.02. The minimum atomic E-state index is -0.0533. The Morgan fingerprint density at radius 1 is 1.22 bits per heavy atom. The second-order valence-corrected chi connectivity index (χ2v) is 6.68. The van der Waals surface area contributed by atoms with Gasteiger partial charge in [0.1, 0.15) is 0 Å². The van der Waals surface area contributed by atoms with E-state index >= 15 is 0 Å². The number of nitrogens with zero attached hydrogens (tertiary/aromatic N) is 1. The zero-order valence-corrected chi connectivity index (χ0v) is 11.7. The average molecular weight is 265 g/mol. The van der Waals surface area contributed by atoms with Crippen LogP contribution < -0.4 is 0 Å². The van der Waals surface area contributed by atoms with Gasteiger partial charge in [0, 0.05) is 19.1 Å². The number of hydrogen-bond acceptors (Lipinski definition) is 3. The van der Waals surface area contributed by atoms with Gasteiger partial charge >= 0.3 is 0 Å². The molecule has 2 aliphatic carbocycles. The van der Waals surface area contributed by atoms with E-state index in [4.69, 9.17) is 0 Å². The molecule has 0 bridgehead atoms. The van der Waals surface area contributed by atoms with Gasteiger partial charge in [-0.25, -0.2) is 0 Å². The zero-order chi connectivity index (χ0) is 12.4. The molecule has 2 aliphatic rings. The number of hydrogen-bond donors (Lipinski definition) is 1. The maximum absolute atomic E-state index is 10.1. The molecular weight excluding hydrogens is 242 g/mol. The Morgan fingerprint density at radius 2 is 2.06 bits per heavy atom. The fraction of sp³-hybridized carbons (Fsp3) is 0.733. The van der Waals surface area contributed by atoms with E-state index in [2.05, 4.69) is 21.7 Å². The van der Waals surface area contributed by atoms with Crippen LogP contribution in [-0.2, 0) is 6.54 Å². The third-order valence-electron chi connectivity index (χ3n) is 4.37. The van der Waals surface area contributed by atoms with Gasteiger partial charge in [0.2, 0.25) is 0 Å². The van der Waals surface area contributed by atoms with Crippen molar-refractivity contribution in [2.45, 2.75) is 57.2 Å². The summed E-state index contributed by atoms with van der Waals surface area (Å²) in [6, 6.07) is 3.02. The van der Waals surface area contributed by atoms with E-state index < -0.39 is 0 Å². The first-order chi connectivity index (χ1) is 8.83. The van der Waals surface area contributed by atoms with Crippen molar-refractivity contribution in [1.29, 1.82) is 0 Å². The molecule has 0 aliphatic heterocycles. The van der Waals surface area contributed by atoms with E-state index in [1.807, 2.05) is 0 Å². The van der Waals surface area contributed by atoms with Crippen LogP contribution in [0.1, 0.15) is 44.1 Å². The molecule has 0 spiro atoms. The Bertz CT molecular complexity index is 361. The van der Waals surface area contributed by atoms with Crippen LogP contribution in [0.5, 0.6) is 0 Å². The summed E-state index contributed by atoms with van der Waals surface area (Å²) < 4.78 is 0. The highest BCUT2D eigenvalue weighted by Gasteiger charge is 2.33. The molecule has 3 heteroatoms. The average Bonchev–Trinajstić information content (AvgIpc) is 3.10. The first-order valence-corrected chi connectivity index (χ1v) is 8.20. The molecule has 1 heterocycles. The summed E-state index contributed by atoms with van der Waals surface area (Å²) in [4.78, 5) is 2.61. The smallest absolute Gasteiger partial charge is 0.0580 e. The SMILES string of the molecule is OC1CCCCC1CN(Cc1ccsc1)C1CC1. The highest BCUT2D eigenvalue weighted by Crippen LogP contribution is 2.32. The van der Waals surface area contributed by atoms with E-state index in [1.54, 1.807) is 11.3 Å². The van der Waals surface area contributed by atoms with Gasteiger partial charge in [0.25, 0.3) is 0 Å². The first kappa shape index (κ1) is 12.6. The van der Waals surface area contributed by atoms with Crippen LogP contribution in [0.4, 0.5) is 0 Å². The Labute approximate surface area is 114 Å². The summed E-state index contributed by atoms with van der Waals surface area (Å²) in [6.07, 6.45) is 7.40. The van der Waals surface area contributed by atoms with Crippen LogP contribution in [0.2, 0.25) is 0 Å². The number of aliphatic hydroxyl groups excluding tert-OH is 1. The Hall–Kier alpha value is -0.380. The fourth-order valence-corrected chi connectivity index (χ4v) is 3.76. The van der Waals surface area contributed by atoms with E-state index in [1.165, 1.54) is 37.7 Å². The molecule has 1 N–H and O–H groups in total. The molecular formula is C15H23NOS. The van der Waals surface area contributed by atoms with Crippen LogP contribution in [-0.4, -0.2) is 28.7 Å². The fourth-order valence-electron chi connectivity index (χ4n) is 3.10. The van der Waals surface area contributed by atoms with Crippen molar-refractivity contribution >= 4 is 11.3 Å². The topological polar surface area (TPSA) is 23.5 Å². The summed E-state index contributed by atoms with van der Waals surface area (Å²) in [5, 5.41) is 14.5. The summed E-state index contributed by atoms with van der Waals surface area (Å²) in [6.45, 7) is 2.18. The lowest BCUT2D eigenvalue weighted by Gasteiger charge is -2.33. The van der Waals surface area contributed by atoms with Crippen LogP contribution in [0, 0.1) is 5.92 Å². The van der Waals surface area contributed by atoms with Crippen molar-refractivity contribution in [1.82, 2.24) is 4.90 Å². The number of rotatable bonds is 5. The molecule has 2 saturated carbocycles. The van der Waals surface area contributed by atoms with Crippen molar-refractivity contribution in [3.8, 4) is 0 Å². The van der Waals surface area contributed by atoms with Crippen molar-refractivity contribution in [3.63, 3.8) is 0 Å². The largest absolute Gasteiger partial charge is 0.393 e. The normalized spacial score (nSPS) is 28.8. The molecule has 2 unspecified atom stereocenters. The molecule has 2 fully saturated rings. The van der Waals surface area contributed by atoms with E-state index in [-0.39, 0.29) is 6.10 Å². The van der Waals surface area contributed by atoms with Crippen LogP contribution in [0.25, 0.3) is 0 Å². The summed E-state index contributed by atoms with van der Waals surface area (Å²) in [7, 11) is 0. The van der Waals surface area contributed by atoms with Gasteiger partial charge in [-0.1, -0.05) is 12.8 Å². The predicted octanol–water partition coefficient (Wildman–Crippen LogP) is 3.26. The van der Waals surface area contributed by atoms with Crippen molar-refractivity contribution in [2.75, 3.05) is 6.54 Å². The summed E-state index contributed by atoms with van der Waals surface area (Å²) in [5.74, 6) is 0.512. The quantitative estimate of drug-likeness (QED) is 0.883. The Balaban J connectivity index is 1.59. The molecule has 2 nitrogen and oxygen atoms in total. The van der Waals surface area contributed by atoms with Gasteiger partial charge < -0.3 is 5.11 Å². The van der Waals surface area contributed by atoms with Crippen LogP contribution >= 0.6 is 11.3 Å². The third-order valence-corrected chi connectivity index (χ3v) is 5.10. The molecule has 0 aromatic carbocycles. The van der Waals surface area contributed by atoms with Gasteiger partial charge in [-0.3, -0.25) is 4.90 Å². The minimum Gasteiger partial charge on any atom is -0.393 e. The molecule has 1 aromatic heterocycles. The zero-order valence-electron chi connectivity index (χ0n) is 10.9. The maximum atomic E-state index is 10.1. The first-order valence-electron chi connectivity index (χ1n) is 7.26. The van der Waals surface area contributed by atoms with Gasteiger partial charge in [0.15, 0.2) is 0 Å². The number of thiophene rings is 1. The summed E-state index contributed by atoms with van der Waals surface area (Å²) in [5.41, 5.74) is 1.44. The lowest BCUT2D eigenvalue weighted by molar-refractivity contribution is 0.0428. The maximum Gasteiger partial charge on any atom is 0.0580 e. The van der Waals surface area contributed by atoms with Crippen molar-refractivity contribution in [2.24, 2.45) is 5.92 Å². The standard InChI is InChI=1S/C15H23NOS/c17-15-4-2-1-3-13(15)10-16(14-5-6-14)9-12-7-8-18-11-12/h7-8,11,13-15,17H,1-6,9-10H2. The molecule has 0 saturated heterocycles. The van der Waals surface area contributed by atoms with Crippen LogP contribution in [0.15, 0.2) is 16.8 Å². The molecule has 100 valence electrons. The number of aliphatic hydroxyl groups is 1. The van der Waals surface area contributed by atoms with Crippen molar-refractivity contribution in [3.05, 3.63) is 22.4 Å². The van der Waals surface area contributed by atoms with Crippen molar-refractivity contribution < 1.29 is 5.11 Å². The minimum absolute atomic E-state index is 0.0533. The molecule has 2 atom stereocenters. The summed E-state index contributed by atoms with van der Waals surface area (Å²) >= 11 is 1.78.